The third kappa shape index (κ3) is 2.29. The quantitative estimate of drug-likeness (QED) is 0.381. The minimum Gasteiger partial charge on any atom is -0.393 e. The summed E-state index contributed by atoms with van der Waals surface area (Å²) in [6.07, 6.45) is 4.04. The SMILES string of the molecule is CCCCCC1C(=O)OC(=O)C1C. The summed E-state index contributed by atoms with van der Waals surface area (Å²) in [5.74, 6) is -1.09. The molecule has 0 bridgehead atoms. The topological polar surface area (TPSA) is 43.4 Å². The van der Waals surface area contributed by atoms with Crippen LogP contribution in [-0.4, -0.2) is 11.9 Å². The third-order valence-electron chi connectivity index (χ3n) is 2.60. The van der Waals surface area contributed by atoms with Gasteiger partial charge in [0, 0.05) is 0 Å². The molecule has 2 atom stereocenters. The van der Waals surface area contributed by atoms with Crippen molar-refractivity contribution in [1.82, 2.24) is 0 Å². The highest BCUT2D eigenvalue weighted by Crippen LogP contribution is 2.27. The van der Waals surface area contributed by atoms with Crippen molar-refractivity contribution >= 4 is 11.9 Å². The van der Waals surface area contributed by atoms with Gasteiger partial charge in [-0.15, -0.1) is 0 Å². The molecule has 0 radical (unpaired) electrons. The van der Waals surface area contributed by atoms with E-state index in [2.05, 4.69) is 11.7 Å². The van der Waals surface area contributed by atoms with Crippen molar-refractivity contribution in [2.24, 2.45) is 11.8 Å². The van der Waals surface area contributed by atoms with Crippen molar-refractivity contribution in [3.8, 4) is 0 Å². The number of hydrogen-bond donors (Lipinski definition) is 0. The van der Waals surface area contributed by atoms with Gasteiger partial charge in [-0.05, 0) is 6.42 Å². The average molecular weight is 184 g/mol. The Labute approximate surface area is 78.5 Å². The van der Waals surface area contributed by atoms with Gasteiger partial charge in [0.1, 0.15) is 0 Å². The lowest BCUT2D eigenvalue weighted by molar-refractivity contribution is -0.153. The fourth-order valence-corrected chi connectivity index (χ4v) is 1.62. The molecule has 0 spiro atoms. The Balaban J connectivity index is 2.40. The minimum absolute atomic E-state index is 0.181. The average Bonchev–Trinajstić information content (AvgIpc) is 2.32. The Morgan fingerprint density at radius 3 is 2.38 bits per heavy atom. The number of esters is 2. The number of carbonyl (C=O) groups excluding carboxylic acids is 2. The number of ether oxygens (including phenoxy) is 1. The molecular formula is C10H16O3. The van der Waals surface area contributed by atoms with Crippen LogP contribution in [0, 0.1) is 11.8 Å². The Morgan fingerprint density at radius 1 is 1.23 bits per heavy atom. The van der Waals surface area contributed by atoms with E-state index in [4.69, 9.17) is 0 Å². The predicted molar refractivity (Wildman–Crippen MR) is 47.9 cm³/mol. The van der Waals surface area contributed by atoms with Crippen LogP contribution in [0.25, 0.3) is 0 Å². The van der Waals surface area contributed by atoms with Gasteiger partial charge in [0.05, 0.1) is 11.8 Å². The predicted octanol–water partition coefficient (Wildman–Crippen LogP) is 1.90. The van der Waals surface area contributed by atoms with Gasteiger partial charge in [0.25, 0.3) is 0 Å². The van der Waals surface area contributed by atoms with Gasteiger partial charge in [-0.3, -0.25) is 9.59 Å². The van der Waals surface area contributed by atoms with Gasteiger partial charge >= 0.3 is 11.9 Å². The maximum absolute atomic E-state index is 11.1. The molecule has 13 heavy (non-hydrogen) atoms. The molecule has 74 valence electrons. The van der Waals surface area contributed by atoms with Gasteiger partial charge in [0.2, 0.25) is 0 Å². The Bertz CT molecular complexity index is 210. The van der Waals surface area contributed by atoms with E-state index in [-0.39, 0.29) is 23.8 Å². The lowest BCUT2D eigenvalue weighted by Gasteiger charge is -2.07. The number of rotatable bonds is 4. The molecule has 3 heteroatoms. The second kappa shape index (κ2) is 4.40. The molecule has 0 N–H and O–H groups in total. The molecule has 0 amide bonds. The van der Waals surface area contributed by atoms with E-state index in [1.54, 1.807) is 6.92 Å². The summed E-state index contributed by atoms with van der Waals surface area (Å²) in [6, 6.07) is 0. The van der Waals surface area contributed by atoms with Crippen LogP contribution in [0.4, 0.5) is 0 Å². The Morgan fingerprint density at radius 2 is 1.92 bits per heavy atom. The van der Waals surface area contributed by atoms with Crippen LogP contribution in [-0.2, 0) is 14.3 Å². The smallest absolute Gasteiger partial charge is 0.317 e. The molecule has 0 saturated carbocycles. The largest absolute Gasteiger partial charge is 0.393 e. The van der Waals surface area contributed by atoms with E-state index in [9.17, 15) is 9.59 Å². The molecule has 0 aromatic heterocycles. The minimum atomic E-state index is -0.355. The molecule has 3 nitrogen and oxygen atoms in total. The highest BCUT2D eigenvalue weighted by atomic mass is 16.6. The zero-order valence-corrected chi connectivity index (χ0v) is 8.21. The number of carbonyl (C=O) groups is 2. The zero-order chi connectivity index (χ0) is 9.84. The van der Waals surface area contributed by atoms with Gasteiger partial charge in [-0.2, -0.15) is 0 Å². The number of cyclic esters (lactones) is 2. The van der Waals surface area contributed by atoms with E-state index in [1.165, 1.54) is 0 Å². The van der Waals surface area contributed by atoms with Crippen LogP contribution in [0.15, 0.2) is 0 Å². The van der Waals surface area contributed by atoms with Crippen LogP contribution in [0.3, 0.4) is 0 Å². The fraction of sp³-hybridized carbons (Fsp3) is 0.800. The van der Waals surface area contributed by atoms with Crippen LogP contribution in [0.5, 0.6) is 0 Å². The van der Waals surface area contributed by atoms with E-state index in [1.807, 2.05) is 0 Å². The summed E-state index contributed by atoms with van der Waals surface area (Å²) in [5.41, 5.74) is 0. The molecule has 1 fully saturated rings. The first-order valence-corrected chi connectivity index (χ1v) is 4.92. The molecule has 1 heterocycles. The van der Waals surface area contributed by atoms with Crippen molar-refractivity contribution in [3.63, 3.8) is 0 Å². The second-order valence-electron chi connectivity index (χ2n) is 3.63. The van der Waals surface area contributed by atoms with Crippen molar-refractivity contribution in [1.29, 1.82) is 0 Å². The maximum Gasteiger partial charge on any atom is 0.317 e. The lowest BCUT2D eigenvalue weighted by Crippen LogP contribution is -2.14. The van der Waals surface area contributed by atoms with E-state index >= 15 is 0 Å². The van der Waals surface area contributed by atoms with Gasteiger partial charge in [-0.25, -0.2) is 0 Å². The highest BCUT2D eigenvalue weighted by Gasteiger charge is 2.40. The summed E-state index contributed by atoms with van der Waals surface area (Å²) in [5, 5.41) is 0. The monoisotopic (exact) mass is 184 g/mol. The summed E-state index contributed by atoms with van der Waals surface area (Å²) in [4.78, 5) is 22.1. The Hall–Kier alpha value is -0.860. The maximum atomic E-state index is 11.1. The van der Waals surface area contributed by atoms with Crippen LogP contribution < -0.4 is 0 Å². The van der Waals surface area contributed by atoms with Crippen LogP contribution >= 0.6 is 0 Å². The number of hydrogen-bond acceptors (Lipinski definition) is 3. The van der Waals surface area contributed by atoms with Gasteiger partial charge in [-0.1, -0.05) is 33.1 Å². The Kier molecular flexibility index (Phi) is 3.46. The molecule has 0 aliphatic carbocycles. The van der Waals surface area contributed by atoms with Crippen LogP contribution in [0.2, 0.25) is 0 Å². The normalized spacial score (nSPS) is 27.8. The number of unbranched alkanes of at least 4 members (excludes halogenated alkanes) is 2. The van der Waals surface area contributed by atoms with Crippen molar-refractivity contribution in [2.75, 3.05) is 0 Å². The van der Waals surface area contributed by atoms with Gasteiger partial charge < -0.3 is 4.74 Å². The standard InChI is InChI=1S/C10H16O3/c1-3-4-5-6-8-7(2)9(11)13-10(8)12/h7-8H,3-6H2,1-2H3. The molecule has 1 aliphatic rings. The first-order chi connectivity index (χ1) is 6.16. The molecule has 0 aromatic rings. The van der Waals surface area contributed by atoms with Crippen LogP contribution in [0.1, 0.15) is 39.5 Å². The molecule has 1 aliphatic heterocycles. The highest BCUT2D eigenvalue weighted by molar-refractivity contribution is 5.96. The molecule has 1 saturated heterocycles. The van der Waals surface area contributed by atoms with Crippen molar-refractivity contribution in [2.45, 2.75) is 39.5 Å². The summed E-state index contributed by atoms with van der Waals surface area (Å²) < 4.78 is 4.54. The lowest BCUT2D eigenvalue weighted by atomic mass is 9.91. The van der Waals surface area contributed by atoms with E-state index in [0.29, 0.717) is 0 Å². The molecule has 2 unspecified atom stereocenters. The second-order valence-corrected chi connectivity index (χ2v) is 3.63. The van der Waals surface area contributed by atoms with E-state index < -0.39 is 0 Å². The van der Waals surface area contributed by atoms with E-state index in [0.717, 1.165) is 25.7 Å². The van der Waals surface area contributed by atoms with Gasteiger partial charge in [0.15, 0.2) is 0 Å². The molecule has 1 rings (SSSR count). The molecular weight excluding hydrogens is 168 g/mol. The molecule has 0 aromatic carbocycles. The first kappa shape index (κ1) is 10.2. The summed E-state index contributed by atoms with van der Waals surface area (Å²) >= 11 is 0. The third-order valence-corrected chi connectivity index (χ3v) is 2.60. The summed E-state index contributed by atoms with van der Waals surface area (Å²) in [7, 11) is 0. The van der Waals surface area contributed by atoms with Crippen molar-refractivity contribution in [3.05, 3.63) is 0 Å². The van der Waals surface area contributed by atoms with Crippen molar-refractivity contribution < 1.29 is 14.3 Å². The fourth-order valence-electron chi connectivity index (χ4n) is 1.62. The summed E-state index contributed by atoms with van der Waals surface area (Å²) in [6.45, 7) is 3.88. The zero-order valence-electron chi connectivity index (χ0n) is 8.21. The first-order valence-electron chi connectivity index (χ1n) is 4.92.